The number of alkyl halides is 3. The molecule has 1 aromatic heterocycles. The van der Waals surface area contributed by atoms with E-state index < -0.39 is 17.6 Å². The summed E-state index contributed by atoms with van der Waals surface area (Å²) in [6, 6.07) is 4.58. The van der Waals surface area contributed by atoms with Gasteiger partial charge in [-0.3, -0.25) is 9.69 Å². The van der Waals surface area contributed by atoms with Gasteiger partial charge in [0.05, 0.1) is 17.3 Å². The number of carbonyl (C=O) groups is 2. The lowest BCUT2D eigenvalue weighted by Crippen LogP contribution is -2.36. The van der Waals surface area contributed by atoms with Gasteiger partial charge in [0.25, 0.3) is 5.91 Å². The molecule has 3 atom stereocenters. The number of nitrogens with two attached hydrogens (primary N) is 1. The van der Waals surface area contributed by atoms with Crippen LogP contribution in [-0.2, 0) is 12.7 Å². The number of primary amides is 1. The average molecular weight is 505 g/mol. The van der Waals surface area contributed by atoms with Crippen LogP contribution >= 0.6 is 0 Å². The second-order valence-electron chi connectivity index (χ2n) is 10.3. The molecule has 2 saturated heterocycles. The Balaban J connectivity index is 1.21. The molecule has 2 N–H and O–H groups in total. The Morgan fingerprint density at radius 3 is 2.39 bits per heavy atom. The normalized spacial score (nSPS) is 24.1. The molecule has 11 heteroatoms. The van der Waals surface area contributed by atoms with E-state index in [2.05, 4.69) is 10.00 Å². The molecule has 1 saturated carbocycles. The van der Waals surface area contributed by atoms with E-state index >= 15 is 0 Å². The zero-order chi connectivity index (χ0) is 25.6. The van der Waals surface area contributed by atoms with Crippen molar-refractivity contribution in [1.82, 2.24) is 19.6 Å². The zero-order valence-electron chi connectivity index (χ0n) is 20.2. The number of carbonyl (C=O) groups excluding carboxylic acids is 2. The van der Waals surface area contributed by atoms with Gasteiger partial charge < -0.3 is 15.5 Å². The summed E-state index contributed by atoms with van der Waals surface area (Å²) in [6.45, 7) is 3.14. The van der Waals surface area contributed by atoms with Crippen molar-refractivity contribution < 1.29 is 22.8 Å². The van der Waals surface area contributed by atoms with Gasteiger partial charge in [-0.05, 0) is 62.3 Å². The van der Waals surface area contributed by atoms with Gasteiger partial charge in [-0.1, -0.05) is 6.07 Å². The average Bonchev–Trinajstić information content (AvgIpc) is 3.61. The van der Waals surface area contributed by atoms with Crippen molar-refractivity contribution in [2.75, 3.05) is 38.1 Å². The molecule has 36 heavy (non-hydrogen) atoms. The summed E-state index contributed by atoms with van der Waals surface area (Å²) < 4.78 is 42.0. The number of fused-ring (bicyclic) bond motifs is 1. The maximum absolute atomic E-state index is 13.6. The Hall–Kier alpha value is -3.08. The maximum atomic E-state index is 13.6. The van der Waals surface area contributed by atoms with Crippen LogP contribution < -0.4 is 10.6 Å². The van der Waals surface area contributed by atoms with Crippen LogP contribution in [-0.4, -0.2) is 70.8 Å². The standard InChI is InChI=1S/C25H31F3N6O2/c1-31(12-16-4-5-21(25(26,27)28)22(8-16)32-6-2-3-7-32)20-9-17-13-33(14-18(17)10-20)24(36)34-15-19(11-30-34)23(29)35/h4-5,8,11,15,17-18,20H,2-3,6-7,9-10,12-14H2,1H3,(H2,29,35)/t17-,18+,20+. The van der Waals surface area contributed by atoms with Crippen LogP contribution in [0.5, 0.6) is 0 Å². The summed E-state index contributed by atoms with van der Waals surface area (Å²) in [5.41, 5.74) is 6.05. The molecule has 2 amide bonds. The third-order valence-corrected chi connectivity index (χ3v) is 7.93. The fourth-order valence-corrected chi connectivity index (χ4v) is 6.04. The van der Waals surface area contributed by atoms with Gasteiger partial charge >= 0.3 is 12.2 Å². The van der Waals surface area contributed by atoms with Crippen LogP contribution in [0.3, 0.4) is 0 Å². The van der Waals surface area contributed by atoms with Crippen molar-refractivity contribution in [3.8, 4) is 0 Å². The largest absolute Gasteiger partial charge is 0.418 e. The first-order valence-electron chi connectivity index (χ1n) is 12.4. The van der Waals surface area contributed by atoms with E-state index in [-0.39, 0.29) is 11.6 Å². The van der Waals surface area contributed by atoms with Crippen molar-refractivity contribution in [3.05, 3.63) is 47.3 Å². The zero-order valence-corrected chi connectivity index (χ0v) is 20.2. The lowest BCUT2D eigenvalue weighted by Gasteiger charge is -2.28. The molecule has 3 fully saturated rings. The second-order valence-corrected chi connectivity index (χ2v) is 10.3. The van der Waals surface area contributed by atoms with E-state index in [4.69, 9.17) is 5.73 Å². The van der Waals surface area contributed by atoms with E-state index in [1.807, 2.05) is 11.9 Å². The van der Waals surface area contributed by atoms with Crippen LogP contribution in [0.15, 0.2) is 30.6 Å². The van der Waals surface area contributed by atoms with Gasteiger partial charge in [0.1, 0.15) is 0 Å². The molecular weight excluding hydrogens is 473 g/mol. The van der Waals surface area contributed by atoms with Crippen LogP contribution in [0, 0.1) is 11.8 Å². The maximum Gasteiger partial charge on any atom is 0.418 e. The number of anilines is 1. The number of rotatable bonds is 5. The monoisotopic (exact) mass is 504 g/mol. The van der Waals surface area contributed by atoms with Crippen molar-refractivity contribution in [1.29, 1.82) is 0 Å². The lowest BCUT2D eigenvalue weighted by atomic mass is 10.0. The van der Waals surface area contributed by atoms with Crippen LogP contribution in [0.2, 0.25) is 0 Å². The van der Waals surface area contributed by atoms with E-state index in [0.717, 1.165) is 35.9 Å². The van der Waals surface area contributed by atoms with E-state index in [0.29, 0.717) is 56.3 Å². The molecule has 0 spiro atoms. The van der Waals surface area contributed by atoms with Gasteiger partial charge in [-0.25, -0.2) is 4.79 Å². The number of aromatic nitrogens is 2. The predicted molar refractivity (Wildman–Crippen MR) is 127 cm³/mol. The molecule has 8 nitrogen and oxygen atoms in total. The molecule has 2 aromatic rings. The highest BCUT2D eigenvalue weighted by atomic mass is 19.4. The Bertz CT molecular complexity index is 1130. The molecule has 1 aromatic carbocycles. The molecule has 2 aliphatic heterocycles. The summed E-state index contributed by atoms with van der Waals surface area (Å²) in [6.07, 6.45) is 1.96. The molecule has 5 rings (SSSR count). The highest BCUT2D eigenvalue weighted by Crippen LogP contribution is 2.41. The number of nitrogens with zero attached hydrogens (tertiary/aromatic N) is 5. The summed E-state index contributed by atoms with van der Waals surface area (Å²) in [4.78, 5) is 29.9. The topological polar surface area (TPSA) is 87.7 Å². The quantitative estimate of drug-likeness (QED) is 0.675. The van der Waals surface area contributed by atoms with Crippen LogP contribution in [0.1, 0.15) is 47.2 Å². The van der Waals surface area contributed by atoms with Crippen molar-refractivity contribution >= 4 is 17.6 Å². The number of halogens is 3. The first-order chi connectivity index (χ1) is 17.1. The number of likely N-dealkylation sites (tertiary alicyclic amines) is 1. The SMILES string of the molecule is CN(Cc1ccc(C(F)(F)F)c(N2CCCC2)c1)[C@H]1C[C@@H]2CN(C(=O)n3cc(C(N)=O)cn3)C[C@@H]2C1. The Kier molecular flexibility index (Phi) is 6.44. The van der Waals surface area contributed by atoms with Gasteiger partial charge in [-0.15, -0.1) is 0 Å². The number of hydrogen-bond acceptors (Lipinski definition) is 5. The highest BCUT2D eigenvalue weighted by Gasteiger charge is 2.44. The fraction of sp³-hybridized carbons (Fsp3) is 0.560. The van der Waals surface area contributed by atoms with Gasteiger partial charge in [0, 0.05) is 50.6 Å². The number of hydrogen-bond donors (Lipinski definition) is 1. The third kappa shape index (κ3) is 4.80. The molecule has 1 aliphatic carbocycles. The fourth-order valence-electron chi connectivity index (χ4n) is 6.04. The molecule has 0 unspecified atom stereocenters. The number of benzene rings is 1. The smallest absolute Gasteiger partial charge is 0.371 e. The molecule has 3 aliphatic rings. The minimum Gasteiger partial charge on any atom is -0.371 e. The Morgan fingerprint density at radius 2 is 1.81 bits per heavy atom. The summed E-state index contributed by atoms with van der Waals surface area (Å²) in [5, 5.41) is 3.97. The van der Waals surface area contributed by atoms with Crippen molar-refractivity contribution in [2.45, 2.75) is 44.4 Å². The van der Waals surface area contributed by atoms with Gasteiger partial charge in [0.15, 0.2) is 0 Å². The van der Waals surface area contributed by atoms with Crippen LogP contribution in [0.25, 0.3) is 0 Å². The summed E-state index contributed by atoms with van der Waals surface area (Å²) in [7, 11) is 2.02. The highest BCUT2D eigenvalue weighted by molar-refractivity contribution is 5.93. The Morgan fingerprint density at radius 1 is 1.14 bits per heavy atom. The molecule has 194 valence electrons. The molecule has 3 heterocycles. The predicted octanol–water partition coefficient (Wildman–Crippen LogP) is 3.41. The summed E-state index contributed by atoms with van der Waals surface area (Å²) >= 11 is 0. The summed E-state index contributed by atoms with van der Waals surface area (Å²) in [5.74, 6) is 0.0968. The van der Waals surface area contributed by atoms with E-state index in [9.17, 15) is 22.8 Å². The number of amides is 2. The minimum atomic E-state index is -4.37. The lowest BCUT2D eigenvalue weighted by molar-refractivity contribution is -0.137. The third-order valence-electron chi connectivity index (χ3n) is 7.93. The second kappa shape index (κ2) is 9.42. The van der Waals surface area contributed by atoms with E-state index in [1.54, 1.807) is 17.0 Å². The first-order valence-corrected chi connectivity index (χ1v) is 12.4. The molecule has 0 bridgehead atoms. The first kappa shape index (κ1) is 24.6. The Labute approximate surface area is 207 Å². The minimum absolute atomic E-state index is 0.195. The van der Waals surface area contributed by atoms with Gasteiger partial charge in [0.2, 0.25) is 0 Å². The van der Waals surface area contributed by atoms with E-state index in [1.165, 1.54) is 18.5 Å². The molecular formula is C25H31F3N6O2. The molecule has 0 radical (unpaired) electrons. The van der Waals surface area contributed by atoms with Crippen molar-refractivity contribution in [2.24, 2.45) is 17.6 Å². The van der Waals surface area contributed by atoms with Crippen LogP contribution in [0.4, 0.5) is 23.7 Å². The van der Waals surface area contributed by atoms with Crippen molar-refractivity contribution in [3.63, 3.8) is 0 Å². The van der Waals surface area contributed by atoms with Gasteiger partial charge in [-0.2, -0.15) is 23.0 Å².